The molecule has 9 aliphatic heterocycles. The molecule has 22 atom stereocenters. The number of rotatable bonds is 19. The second-order valence-electron chi connectivity index (χ2n) is 26.1. The highest BCUT2D eigenvalue weighted by molar-refractivity contribution is 5.82. The zero-order valence-corrected chi connectivity index (χ0v) is 48.6. The third-order valence-corrected chi connectivity index (χ3v) is 20.7. The lowest BCUT2D eigenvalue weighted by Crippen LogP contribution is -2.70. The maximum Gasteiger partial charge on any atom is 0.308 e. The van der Waals surface area contributed by atoms with Gasteiger partial charge in [0.25, 0.3) is 0 Å². The monoisotopic (exact) mass is 1150 g/mol. The molecule has 2 unspecified atom stereocenters. The van der Waals surface area contributed by atoms with Gasteiger partial charge in [-0.2, -0.15) is 0 Å². The number of nitrogens with one attached hydrogen (secondary N) is 1. The molecular weight excluding hydrogens is 1060 g/mol. The first-order valence-corrected chi connectivity index (χ1v) is 30.5. The van der Waals surface area contributed by atoms with Crippen LogP contribution < -0.4 is 5.32 Å². The number of ether oxygens (including phenoxy) is 10. The molecule has 9 saturated heterocycles. The maximum absolute atomic E-state index is 13.4. The summed E-state index contributed by atoms with van der Waals surface area (Å²) in [7, 11) is 0. The summed E-state index contributed by atoms with van der Waals surface area (Å²) in [5, 5.41) is 13.8. The van der Waals surface area contributed by atoms with Crippen molar-refractivity contribution in [1.82, 2.24) is 5.32 Å². The molecule has 0 aromatic rings. The van der Waals surface area contributed by atoms with E-state index in [2.05, 4.69) is 26.1 Å². The molecule has 3 saturated carbocycles. The third-order valence-electron chi connectivity index (χ3n) is 20.7. The predicted octanol–water partition coefficient (Wildman–Crippen LogP) is 7.13. The molecule has 12 fully saturated rings. The second kappa shape index (κ2) is 24.8. The van der Waals surface area contributed by atoms with Crippen LogP contribution in [0.1, 0.15) is 177 Å². The fourth-order valence-corrected chi connectivity index (χ4v) is 16.0. The SMILES string of the molecule is C[C@H]([C@@H]1CCCC2CC[C@H](C)OCC21)[C@@H](O)OC(=O)CCC(=O)NC(COC(=O)CCC(=O)O[C@@H]1O[C@@H]2O[C@@]3(C)CC[C@H]4[C@H](C)CC[C@@H]([C@H]1C)[C@@]24OO3)COC(=O)CCC(=O)O[C@@H]1O[C@@H]2O[C@@]3(C)CC[C@H]4[C@H](C)CC[C@@H]([C@H]1C)[C@@]24OO3. The molecule has 81 heavy (non-hydrogen) atoms. The van der Waals surface area contributed by atoms with Crippen LogP contribution in [0.3, 0.4) is 0 Å². The van der Waals surface area contributed by atoms with E-state index in [4.69, 9.17) is 66.9 Å². The van der Waals surface area contributed by atoms with Crippen LogP contribution in [0, 0.1) is 71.0 Å². The van der Waals surface area contributed by atoms with Crippen LogP contribution in [-0.4, -0.2) is 127 Å². The second-order valence-corrected chi connectivity index (χ2v) is 26.1. The third kappa shape index (κ3) is 12.6. The fraction of sp³-hybridized carbons (Fsp3) is 0.898. The number of esters is 5. The molecular formula is C59H89NO21. The summed E-state index contributed by atoms with van der Waals surface area (Å²) < 4.78 is 59.8. The van der Waals surface area contributed by atoms with E-state index in [9.17, 15) is 33.9 Å². The van der Waals surface area contributed by atoms with Gasteiger partial charge in [0.2, 0.25) is 36.4 Å². The van der Waals surface area contributed by atoms with Gasteiger partial charge >= 0.3 is 29.8 Å². The molecule has 0 radical (unpaired) electrons. The predicted molar refractivity (Wildman–Crippen MR) is 278 cm³/mol. The Bertz CT molecular complexity index is 2180. The lowest BCUT2D eigenvalue weighted by molar-refractivity contribution is -0.576. The summed E-state index contributed by atoms with van der Waals surface area (Å²) in [5.41, 5.74) is -1.69. The quantitative estimate of drug-likeness (QED) is 0.0564. The van der Waals surface area contributed by atoms with E-state index in [-0.39, 0.29) is 97.9 Å². The van der Waals surface area contributed by atoms with Crippen molar-refractivity contribution in [2.45, 2.75) is 244 Å². The molecule has 12 aliphatic rings. The molecule has 456 valence electrons. The molecule has 12 rings (SSSR count). The van der Waals surface area contributed by atoms with Gasteiger partial charge in [0.05, 0.1) is 50.9 Å². The average molecular weight is 1150 g/mol. The summed E-state index contributed by atoms with van der Waals surface area (Å²) in [6.07, 6.45) is 4.49. The molecule has 2 spiro atoms. The molecule has 0 aromatic carbocycles. The van der Waals surface area contributed by atoms with Gasteiger partial charge < -0.3 is 57.8 Å². The number of carbonyl (C=O) groups is 6. The van der Waals surface area contributed by atoms with Crippen LogP contribution >= 0.6 is 0 Å². The summed E-state index contributed by atoms with van der Waals surface area (Å²) in [6.45, 7) is 15.5. The molecule has 3 aliphatic carbocycles. The number of fused-ring (bicyclic) bond motifs is 5. The first-order chi connectivity index (χ1) is 38.6. The van der Waals surface area contributed by atoms with Gasteiger partial charge in [-0.3, -0.25) is 28.8 Å². The van der Waals surface area contributed by atoms with Crippen molar-refractivity contribution in [3.8, 4) is 0 Å². The van der Waals surface area contributed by atoms with Crippen molar-refractivity contribution in [2.24, 2.45) is 71.0 Å². The van der Waals surface area contributed by atoms with Crippen LogP contribution in [0.25, 0.3) is 0 Å². The Labute approximate surface area is 475 Å². The van der Waals surface area contributed by atoms with Gasteiger partial charge in [-0.15, -0.1) is 0 Å². The largest absolute Gasteiger partial charge is 0.463 e. The van der Waals surface area contributed by atoms with Crippen molar-refractivity contribution in [2.75, 3.05) is 19.8 Å². The topological polar surface area (TPSA) is 264 Å². The van der Waals surface area contributed by atoms with Crippen molar-refractivity contribution < 1.29 is 101 Å². The molecule has 9 heterocycles. The Morgan fingerprint density at radius 3 is 1.62 bits per heavy atom. The number of carbonyl (C=O) groups excluding carboxylic acids is 6. The molecule has 2 N–H and O–H groups in total. The summed E-state index contributed by atoms with van der Waals surface area (Å²) >= 11 is 0. The normalized spacial score (nSPS) is 42.9. The first-order valence-electron chi connectivity index (χ1n) is 30.5. The smallest absolute Gasteiger partial charge is 0.308 e. The summed E-state index contributed by atoms with van der Waals surface area (Å²) in [4.78, 5) is 104. The Balaban J connectivity index is 0.711. The van der Waals surface area contributed by atoms with Gasteiger partial charge in [0.15, 0.2) is 23.8 Å². The Kier molecular flexibility index (Phi) is 18.5. The van der Waals surface area contributed by atoms with Crippen LogP contribution in [0.2, 0.25) is 0 Å². The summed E-state index contributed by atoms with van der Waals surface area (Å²) in [5.74, 6) is -5.77. The molecule has 4 bridgehead atoms. The van der Waals surface area contributed by atoms with E-state index in [1.807, 2.05) is 34.6 Å². The number of amides is 1. The van der Waals surface area contributed by atoms with Crippen molar-refractivity contribution in [1.29, 1.82) is 0 Å². The Morgan fingerprint density at radius 2 is 1.09 bits per heavy atom. The molecule has 0 aromatic heterocycles. The molecule has 1 amide bonds. The van der Waals surface area contributed by atoms with Gasteiger partial charge in [-0.05, 0) is 120 Å². The van der Waals surface area contributed by atoms with Crippen molar-refractivity contribution in [3.63, 3.8) is 0 Å². The number of aliphatic hydroxyl groups excluding tert-OH is 1. The Morgan fingerprint density at radius 1 is 0.580 bits per heavy atom. The lowest BCUT2D eigenvalue weighted by atomic mass is 9.58. The van der Waals surface area contributed by atoms with Crippen molar-refractivity contribution >= 4 is 35.8 Å². The first kappa shape index (κ1) is 60.5. The Hall–Kier alpha value is -3.58. The van der Waals surface area contributed by atoms with E-state index in [0.29, 0.717) is 37.2 Å². The maximum atomic E-state index is 13.4. The lowest BCUT2D eigenvalue weighted by Gasteiger charge is -2.59. The number of hydrogen-bond donors (Lipinski definition) is 2. The minimum Gasteiger partial charge on any atom is -0.463 e. The molecule has 22 heteroatoms. The van der Waals surface area contributed by atoms with Crippen LogP contribution in [0.4, 0.5) is 0 Å². The van der Waals surface area contributed by atoms with E-state index >= 15 is 0 Å². The zero-order valence-electron chi connectivity index (χ0n) is 48.6. The van der Waals surface area contributed by atoms with E-state index < -0.39 is 109 Å². The highest BCUT2D eigenvalue weighted by Gasteiger charge is 2.71. The zero-order chi connectivity index (χ0) is 57.6. The van der Waals surface area contributed by atoms with Gasteiger partial charge in [0.1, 0.15) is 13.2 Å². The summed E-state index contributed by atoms with van der Waals surface area (Å²) in [6, 6.07) is -1.11. The average Bonchev–Trinajstić information content (AvgIpc) is 2.18. The molecule has 22 nitrogen and oxygen atoms in total. The van der Waals surface area contributed by atoms with Gasteiger partial charge in [-0.25, -0.2) is 19.6 Å². The minimum atomic E-state index is -1.38. The number of hydrogen-bond acceptors (Lipinski definition) is 21. The van der Waals surface area contributed by atoms with Crippen LogP contribution in [0.5, 0.6) is 0 Å². The van der Waals surface area contributed by atoms with E-state index in [1.54, 1.807) is 0 Å². The number of aliphatic hydroxyl groups is 1. The van der Waals surface area contributed by atoms with Crippen LogP contribution in [-0.2, 0) is 95.7 Å². The fourth-order valence-electron chi connectivity index (χ4n) is 16.0. The standard InChI is InChI=1S/C59H89NO21/c1-31-12-16-43-35(5)52(74-54-58(43)41(31)24-26-56(7,76-54)78-80-58)72-49(65)22-20-46(62)69-28-38(60-45(61)18-19-48(64)71-51(67)34(4)39-11-9-10-37-15-14-33(3)68-30-40(37)39)29-70-47(63)21-23-50(66)73-53-36(6)44-17-13-32(2)42-25-27-57(8)77-55(75-53)59(42,44)81-79-57/h31-44,51-55,67H,9-30H2,1-8H3,(H,60,61)/t31-,32-,33+,34-,35-,36-,37?,39+,40?,41+,42+,43+,44+,51+,52-,53-,54-,55-,56-,57-,58-,59-/m1/s1. The van der Waals surface area contributed by atoms with Crippen LogP contribution in [0.15, 0.2) is 0 Å². The van der Waals surface area contributed by atoms with E-state index in [0.717, 1.165) is 70.6 Å². The highest BCUT2D eigenvalue weighted by Crippen LogP contribution is 2.62. The van der Waals surface area contributed by atoms with Crippen molar-refractivity contribution in [3.05, 3.63) is 0 Å². The van der Waals surface area contributed by atoms with Gasteiger partial charge in [0, 0.05) is 48.9 Å². The minimum absolute atomic E-state index is 0.0845. The van der Waals surface area contributed by atoms with Gasteiger partial charge in [-0.1, -0.05) is 47.5 Å². The van der Waals surface area contributed by atoms with E-state index in [1.165, 1.54) is 0 Å². The highest BCUT2D eigenvalue weighted by atomic mass is 17.3.